The van der Waals surface area contributed by atoms with Crippen LogP contribution in [-0.2, 0) is 10.1 Å². The summed E-state index contributed by atoms with van der Waals surface area (Å²) in [6.07, 6.45) is 0. The number of carbonyl (C=O) groups excluding carboxylic acids is 2. The lowest BCUT2D eigenvalue weighted by Crippen LogP contribution is -2.20. The Morgan fingerprint density at radius 3 is 1.81 bits per heavy atom. The number of rotatable bonds is 1. The largest absolute Gasteiger partial charge is 0.295 e. The average molecular weight is 305 g/mol. The van der Waals surface area contributed by atoms with Crippen LogP contribution in [0.3, 0.4) is 0 Å². The third-order valence-corrected chi connectivity index (χ3v) is 3.57. The van der Waals surface area contributed by atoms with Gasteiger partial charge in [-0.3, -0.25) is 19.5 Å². The maximum Gasteiger partial charge on any atom is 0.295 e. The van der Waals surface area contributed by atoms with Gasteiger partial charge >= 0.3 is 0 Å². The Hall–Kier alpha value is -2.51. The Morgan fingerprint density at radius 1 is 0.810 bits per heavy atom. The predicted molar refractivity (Wildman–Crippen MR) is 74.5 cm³/mol. The van der Waals surface area contributed by atoms with Crippen molar-refractivity contribution in [2.24, 2.45) is 0 Å². The zero-order chi connectivity index (χ0) is 15.5. The van der Waals surface area contributed by atoms with Gasteiger partial charge < -0.3 is 0 Å². The summed E-state index contributed by atoms with van der Waals surface area (Å²) in [7, 11) is -4.50. The average Bonchev–Trinajstić information content (AvgIpc) is 2.76. The van der Waals surface area contributed by atoms with Gasteiger partial charge in [-0.25, -0.2) is 0 Å². The highest BCUT2D eigenvalue weighted by Gasteiger charge is 2.32. The fourth-order valence-corrected chi connectivity index (χ4v) is 2.50. The molecule has 0 aromatic heterocycles. The second-order valence-electron chi connectivity index (χ2n) is 4.09. The van der Waals surface area contributed by atoms with Crippen LogP contribution in [0.5, 0.6) is 0 Å². The van der Waals surface area contributed by atoms with Crippen LogP contribution in [0.4, 0.5) is 0 Å². The third kappa shape index (κ3) is 3.33. The number of hydrogen-bond acceptors (Lipinski definition) is 4. The summed E-state index contributed by atoms with van der Waals surface area (Å²) in [6.45, 7) is 0. The summed E-state index contributed by atoms with van der Waals surface area (Å²) in [5.74, 6) is -1.48. The minimum atomic E-state index is -4.50. The SMILES string of the molecule is O=C1NC(=O)c2c1cccc2S(=O)(=O)O.c1ccccc1. The maximum absolute atomic E-state index is 11.2. The van der Waals surface area contributed by atoms with Crippen molar-refractivity contribution in [3.05, 3.63) is 65.7 Å². The molecule has 1 aliphatic rings. The van der Waals surface area contributed by atoms with E-state index in [1.54, 1.807) is 0 Å². The third-order valence-electron chi connectivity index (χ3n) is 2.67. The number of amides is 2. The highest BCUT2D eigenvalue weighted by molar-refractivity contribution is 7.86. The number of nitrogens with one attached hydrogen (secondary N) is 1. The molecule has 0 bridgehead atoms. The quantitative estimate of drug-likeness (QED) is 0.614. The molecule has 7 heteroatoms. The Bertz CT molecular complexity index is 758. The van der Waals surface area contributed by atoms with Crippen molar-refractivity contribution in [2.75, 3.05) is 0 Å². The van der Waals surface area contributed by atoms with Gasteiger partial charge in [-0.15, -0.1) is 0 Å². The highest BCUT2D eigenvalue weighted by atomic mass is 32.2. The van der Waals surface area contributed by atoms with Gasteiger partial charge in [0.2, 0.25) is 0 Å². The fraction of sp³-hybridized carbons (Fsp3) is 0. The van der Waals surface area contributed by atoms with Crippen molar-refractivity contribution in [3.63, 3.8) is 0 Å². The first-order valence-corrected chi connectivity index (χ1v) is 7.31. The van der Waals surface area contributed by atoms with Gasteiger partial charge in [0.15, 0.2) is 0 Å². The molecule has 3 rings (SSSR count). The van der Waals surface area contributed by atoms with E-state index >= 15 is 0 Å². The molecule has 0 aliphatic carbocycles. The topological polar surface area (TPSA) is 101 Å². The van der Waals surface area contributed by atoms with E-state index in [2.05, 4.69) is 0 Å². The Kier molecular flexibility index (Phi) is 4.15. The highest BCUT2D eigenvalue weighted by Crippen LogP contribution is 2.23. The first-order valence-electron chi connectivity index (χ1n) is 5.87. The summed E-state index contributed by atoms with van der Waals surface area (Å²) in [5.41, 5.74) is -0.347. The minimum Gasteiger partial charge on any atom is -0.288 e. The second-order valence-corrected chi connectivity index (χ2v) is 5.48. The molecular formula is C14H11NO5S. The smallest absolute Gasteiger partial charge is 0.288 e. The molecule has 108 valence electrons. The lowest BCUT2D eigenvalue weighted by molar-refractivity contribution is 0.0878. The molecule has 0 fully saturated rings. The van der Waals surface area contributed by atoms with Crippen molar-refractivity contribution in [1.82, 2.24) is 5.32 Å². The standard InChI is InChI=1S/C8H5NO5S.C6H6/c10-7-4-2-1-3-5(15(12,13)14)6(4)8(11)9-7;1-2-4-6-5-3-1/h1-3H,(H,9,10,11)(H,12,13,14);1-6H. The van der Waals surface area contributed by atoms with E-state index in [4.69, 9.17) is 4.55 Å². The van der Waals surface area contributed by atoms with Gasteiger partial charge in [-0.05, 0) is 12.1 Å². The van der Waals surface area contributed by atoms with Gasteiger partial charge in [-0.2, -0.15) is 8.42 Å². The number of imide groups is 1. The molecule has 0 saturated carbocycles. The molecule has 0 radical (unpaired) electrons. The van der Waals surface area contributed by atoms with Gasteiger partial charge in [0.05, 0.1) is 11.1 Å². The molecule has 0 atom stereocenters. The van der Waals surface area contributed by atoms with E-state index < -0.39 is 26.8 Å². The van der Waals surface area contributed by atoms with Crippen molar-refractivity contribution < 1.29 is 22.6 Å². The minimum absolute atomic E-state index is 0.0462. The van der Waals surface area contributed by atoms with Crippen LogP contribution in [0.1, 0.15) is 20.7 Å². The lowest BCUT2D eigenvalue weighted by atomic mass is 10.1. The van der Waals surface area contributed by atoms with Gasteiger partial charge in [0.1, 0.15) is 4.90 Å². The molecule has 1 heterocycles. The monoisotopic (exact) mass is 305 g/mol. The zero-order valence-electron chi connectivity index (χ0n) is 10.7. The molecule has 1 aliphatic heterocycles. The molecule has 2 aromatic carbocycles. The molecule has 2 aromatic rings. The van der Waals surface area contributed by atoms with Crippen molar-refractivity contribution in [3.8, 4) is 0 Å². The second kappa shape index (κ2) is 5.86. The number of hydrogen-bond donors (Lipinski definition) is 2. The van der Waals surface area contributed by atoms with E-state index in [9.17, 15) is 18.0 Å². The summed E-state index contributed by atoms with van der Waals surface area (Å²) in [6, 6.07) is 15.6. The summed E-state index contributed by atoms with van der Waals surface area (Å²) >= 11 is 0. The van der Waals surface area contributed by atoms with Crippen molar-refractivity contribution in [2.45, 2.75) is 4.90 Å². The van der Waals surface area contributed by atoms with E-state index in [0.717, 1.165) is 6.07 Å². The molecule has 6 nitrogen and oxygen atoms in total. The first-order chi connectivity index (χ1) is 9.91. The van der Waals surface area contributed by atoms with E-state index in [-0.39, 0.29) is 11.1 Å². The summed E-state index contributed by atoms with van der Waals surface area (Å²) in [5, 5.41) is 1.94. The molecular weight excluding hydrogens is 294 g/mol. The summed E-state index contributed by atoms with van der Waals surface area (Å²) in [4.78, 5) is 21.8. The first kappa shape index (κ1) is 14.9. The molecule has 21 heavy (non-hydrogen) atoms. The molecule has 0 saturated heterocycles. The van der Waals surface area contributed by atoms with Crippen LogP contribution in [0.2, 0.25) is 0 Å². The van der Waals surface area contributed by atoms with E-state index in [1.165, 1.54) is 12.1 Å². The van der Waals surface area contributed by atoms with E-state index in [0.29, 0.717) is 0 Å². The molecule has 2 N–H and O–H groups in total. The van der Waals surface area contributed by atoms with Crippen LogP contribution in [0.15, 0.2) is 59.5 Å². The number of carbonyl (C=O) groups is 2. The molecule has 0 spiro atoms. The Labute approximate surface area is 121 Å². The van der Waals surface area contributed by atoms with Crippen molar-refractivity contribution >= 4 is 21.9 Å². The van der Waals surface area contributed by atoms with E-state index in [1.807, 2.05) is 41.7 Å². The van der Waals surface area contributed by atoms with Gasteiger partial charge in [-0.1, -0.05) is 42.5 Å². The van der Waals surface area contributed by atoms with Gasteiger partial charge in [0.25, 0.3) is 21.9 Å². The summed E-state index contributed by atoms with van der Waals surface area (Å²) < 4.78 is 30.7. The van der Waals surface area contributed by atoms with Gasteiger partial charge in [0, 0.05) is 0 Å². The number of benzene rings is 2. The predicted octanol–water partition coefficient (Wildman–Crippen LogP) is 1.50. The Balaban J connectivity index is 0.000000225. The Morgan fingerprint density at radius 2 is 1.33 bits per heavy atom. The molecule has 2 amide bonds. The fourth-order valence-electron chi connectivity index (χ4n) is 1.79. The van der Waals surface area contributed by atoms with Crippen LogP contribution < -0.4 is 5.32 Å². The lowest BCUT2D eigenvalue weighted by Gasteiger charge is -2.00. The van der Waals surface area contributed by atoms with Crippen molar-refractivity contribution in [1.29, 1.82) is 0 Å². The maximum atomic E-state index is 11.2. The van der Waals surface area contributed by atoms with Crippen LogP contribution >= 0.6 is 0 Å². The van der Waals surface area contributed by atoms with Crippen LogP contribution in [0, 0.1) is 0 Å². The molecule has 0 unspecified atom stereocenters. The normalized spacial score (nSPS) is 13.0. The van der Waals surface area contributed by atoms with Crippen LogP contribution in [-0.4, -0.2) is 24.8 Å². The zero-order valence-corrected chi connectivity index (χ0v) is 11.5. The number of fused-ring (bicyclic) bond motifs is 1. The van der Waals surface area contributed by atoms with Crippen LogP contribution in [0.25, 0.3) is 0 Å².